The normalized spacial score (nSPS) is 9.42. The van der Waals surface area contributed by atoms with Gasteiger partial charge in [0.25, 0.3) is 0 Å². The molecule has 0 aliphatic rings. The fourth-order valence-electron chi connectivity index (χ4n) is 0.679. The molecule has 1 rings (SSSR count). The lowest BCUT2D eigenvalue weighted by Gasteiger charge is -2.10. The van der Waals surface area contributed by atoms with E-state index in [0.717, 1.165) is 9.20 Å². The first kappa shape index (κ1) is 8.93. The van der Waals surface area contributed by atoms with Crippen LogP contribution in [0.15, 0.2) is 35.2 Å². The van der Waals surface area contributed by atoms with E-state index in [2.05, 4.69) is 0 Å². The van der Waals surface area contributed by atoms with Gasteiger partial charge in [-0.05, 0) is 24.1 Å². The van der Waals surface area contributed by atoms with Crippen LogP contribution in [0.25, 0.3) is 0 Å². The Morgan fingerprint density at radius 1 is 1.42 bits per heavy atom. The number of amides is 1. The van der Waals surface area contributed by atoms with Crippen LogP contribution < -0.4 is 0 Å². The SMILES string of the molecule is CN(Sc1ccccc1)C(=O)O. The smallest absolute Gasteiger partial charge is 0.417 e. The summed E-state index contributed by atoms with van der Waals surface area (Å²) in [6.45, 7) is 0. The van der Waals surface area contributed by atoms with E-state index >= 15 is 0 Å². The summed E-state index contributed by atoms with van der Waals surface area (Å²) in [5.41, 5.74) is 0. The van der Waals surface area contributed by atoms with Crippen LogP contribution in [0.3, 0.4) is 0 Å². The zero-order valence-electron chi connectivity index (χ0n) is 6.60. The van der Waals surface area contributed by atoms with E-state index in [4.69, 9.17) is 5.11 Å². The zero-order chi connectivity index (χ0) is 8.97. The molecule has 0 heterocycles. The molecule has 0 spiro atoms. The Kier molecular flexibility index (Phi) is 2.99. The highest BCUT2D eigenvalue weighted by atomic mass is 32.2. The third-order valence-corrected chi connectivity index (χ3v) is 2.17. The number of hydrogen-bond acceptors (Lipinski definition) is 2. The third-order valence-electron chi connectivity index (χ3n) is 1.25. The maximum atomic E-state index is 10.4. The fraction of sp³-hybridized carbons (Fsp3) is 0.125. The molecule has 0 saturated heterocycles. The predicted octanol–water partition coefficient (Wildman–Crippen LogP) is 2.30. The number of hydrogen-bond donors (Lipinski definition) is 1. The van der Waals surface area contributed by atoms with Gasteiger partial charge in [0.1, 0.15) is 0 Å². The van der Waals surface area contributed by atoms with Crippen LogP contribution in [0.4, 0.5) is 4.79 Å². The lowest BCUT2D eigenvalue weighted by Crippen LogP contribution is -2.15. The molecule has 0 aliphatic heterocycles. The van der Waals surface area contributed by atoms with Gasteiger partial charge in [-0.1, -0.05) is 18.2 Å². The van der Waals surface area contributed by atoms with Gasteiger partial charge in [0.15, 0.2) is 0 Å². The topological polar surface area (TPSA) is 40.5 Å². The second kappa shape index (κ2) is 4.01. The van der Waals surface area contributed by atoms with Gasteiger partial charge < -0.3 is 5.11 Å². The molecule has 1 amide bonds. The number of carboxylic acid groups (broad SMARTS) is 1. The van der Waals surface area contributed by atoms with Crippen LogP contribution in [0.5, 0.6) is 0 Å². The Labute approximate surface area is 75.1 Å². The van der Waals surface area contributed by atoms with Crippen LogP contribution in [0, 0.1) is 0 Å². The second-order valence-corrected chi connectivity index (χ2v) is 3.39. The molecule has 0 fully saturated rings. The van der Waals surface area contributed by atoms with Gasteiger partial charge in [-0.3, -0.25) is 4.31 Å². The van der Waals surface area contributed by atoms with Crippen molar-refractivity contribution in [1.29, 1.82) is 0 Å². The highest BCUT2D eigenvalue weighted by molar-refractivity contribution is 7.97. The molecule has 4 heteroatoms. The molecule has 0 unspecified atom stereocenters. The monoisotopic (exact) mass is 183 g/mol. The first-order chi connectivity index (χ1) is 5.70. The summed E-state index contributed by atoms with van der Waals surface area (Å²) < 4.78 is 1.16. The van der Waals surface area contributed by atoms with Crippen molar-refractivity contribution in [2.45, 2.75) is 4.90 Å². The maximum Gasteiger partial charge on any atom is 0.417 e. The molecule has 0 radical (unpaired) electrons. The number of carbonyl (C=O) groups is 1. The minimum atomic E-state index is -0.941. The first-order valence-corrected chi connectivity index (χ1v) is 4.17. The summed E-state index contributed by atoms with van der Waals surface area (Å²) in [6.07, 6.45) is -0.941. The fourth-order valence-corrected chi connectivity index (χ4v) is 1.35. The quantitative estimate of drug-likeness (QED) is 0.715. The van der Waals surface area contributed by atoms with Crippen molar-refractivity contribution < 1.29 is 9.90 Å². The Morgan fingerprint density at radius 2 is 2.00 bits per heavy atom. The third kappa shape index (κ3) is 2.47. The van der Waals surface area contributed by atoms with Crippen molar-refractivity contribution in [3.05, 3.63) is 30.3 Å². The van der Waals surface area contributed by atoms with Crippen molar-refractivity contribution in [2.24, 2.45) is 0 Å². The molecule has 1 N–H and O–H groups in total. The molecule has 1 aromatic carbocycles. The van der Waals surface area contributed by atoms with Crippen molar-refractivity contribution >= 4 is 18.0 Å². The van der Waals surface area contributed by atoms with Crippen molar-refractivity contribution in [3.8, 4) is 0 Å². The van der Waals surface area contributed by atoms with Crippen molar-refractivity contribution in [3.63, 3.8) is 0 Å². The zero-order valence-corrected chi connectivity index (χ0v) is 7.41. The van der Waals surface area contributed by atoms with E-state index < -0.39 is 6.09 Å². The lowest BCUT2D eigenvalue weighted by molar-refractivity contribution is 0.181. The highest BCUT2D eigenvalue weighted by Gasteiger charge is 2.05. The molecule has 0 atom stereocenters. The Bertz CT molecular complexity index is 263. The summed E-state index contributed by atoms with van der Waals surface area (Å²) in [5, 5.41) is 8.55. The molecule has 12 heavy (non-hydrogen) atoms. The number of benzene rings is 1. The second-order valence-electron chi connectivity index (χ2n) is 2.18. The van der Waals surface area contributed by atoms with Crippen LogP contribution in [-0.4, -0.2) is 22.6 Å². The number of rotatable bonds is 2. The molecule has 64 valence electrons. The van der Waals surface area contributed by atoms with Gasteiger partial charge >= 0.3 is 6.09 Å². The van der Waals surface area contributed by atoms with E-state index in [-0.39, 0.29) is 0 Å². The Balaban J connectivity index is 2.58. The van der Waals surface area contributed by atoms with E-state index in [1.165, 1.54) is 19.0 Å². The van der Waals surface area contributed by atoms with Gasteiger partial charge in [0.2, 0.25) is 0 Å². The maximum absolute atomic E-state index is 10.4. The molecule has 3 nitrogen and oxygen atoms in total. The minimum Gasteiger partial charge on any atom is -0.464 e. The summed E-state index contributed by atoms with van der Waals surface area (Å²) in [5.74, 6) is 0. The first-order valence-electron chi connectivity index (χ1n) is 3.40. The average Bonchev–Trinajstić information content (AvgIpc) is 2.06. The van der Waals surface area contributed by atoms with Crippen LogP contribution >= 0.6 is 11.9 Å². The van der Waals surface area contributed by atoms with Gasteiger partial charge in [-0.15, -0.1) is 0 Å². The lowest BCUT2D eigenvalue weighted by atomic mass is 10.4. The van der Waals surface area contributed by atoms with Gasteiger partial charge in [-0.2, -0.15) is 0 Å². The molecule has 0 aliphatic carbocycles. The summed E-state index contributed by atoms with van der Waals surface area (Å²) in [4.78, 5) is 11.3. The standard InChI is InChI=1S/C8H9NO2S/c1-9(8(10)11)12-7-5-3-2-4-6-7/h2-6H,1H3,(H,10,11). The molecule has 0 aromatic heterocycles. The predicted molar refractivity (Wildman–Crippen MR) is 48.1 cm³/mol. The Morgan fingerprint density at radius 3 is 2.50 bits per heavy atom. The summed E-state index contributed by atoms with van der Waals surface area (Å²) >= 11 is 1.19. The summed E-state index contributed by atoms with van der Waals surface area (Å²) in [6, 6.07) is 9.37. The molecular formula is C8H9NO2S. The average molecular weight is 183 g/mol. The van der Waals surface area contributed by atoms with Crippen LogP contribution in [-0.2, 0) is 0 Å². The van der Waals surface area contributed by atoms with Gasteiger partial charge in [0, 0.05) is 11.9 Å². The number of nitrogens with zero attached hydrogens (tertiary/aromatic N) is 1. The molecule has 0 saturated carbocycles. The highest BCUT2D eigenvalue weighted by Crippen LogP contribution is 2.19. The molecule has 1 aromatic rings. The van der Waals surface area contributed by atoms with E-state index in [1.54, 1.807) is 0 Å². The van der Waals surface area contributed by atoms with Crippen molar-refractivity contribution in [1.82, 2.24) is 4.31 Å². The van der Waals surface area contributed by atoms with E-state index in [9.17, 15) is 4.79 Å². The van der Waals surface area contributed by atoms with E-state index in [0.29, 0.717) is 0 Å². The molecule has 0 bridgehead atoms. The van der Waals surface area contributed by atoms with Crippen LogP contribution in [0.1, 0.15) is 0 Å². The Hall–Kier alpha value is -1.16. The van der Waals surface area contributed by atoms with Crippen molar-refractivity contribution in [2.75, 3.05) is 7.05 Å². The largest absolute Gasteiger partial charge is 0.464 e. The van der Waals surface area contributed by atoms with Crippen LogP contribution in [0.2, 0.25) is 0 Å². The van der Waals surface area contributed by atoms with Gasteiger partial charge in [0.05, 0.1) is 0 Å². The summed E-state index contributed by atoms with van der Waals surface area (Å²) in [7, 11) is 1.51. The minimum absolute atomic E-state index is 0.919. The molecular weight excluding hydrogens is 174 g/mol. The van der Waals surface area contributed by atoms with Gasteiger partial charge in [-0.25, -0.2) is 4.79 Å². The van der Waals surface area contributed by atoms with E-state index in [1.807, 2.05) is 30.3 Å².